The van der Waals surface area contributed by atoms with Gasteiger partial charge in [0.05, 0.1) is 11.6 Å². The van der Waals surface area contributed by atoms with Gasteiger partial charge in [0, 0.05) is 11.8 Å². The van der Waals surface area contributed by atoms with Crippen LogP contribution in [0.15, 0.2) is 22.7 Å². The van der Waals surface area contributed by atoms with Crippen LogP contribution in [-0.2, 0) is 11.2 Å². The first-order valence-corrected chi connectivity index (χ1v) is 6.80. The van der Waals surface area contributed by atoms with Crippen LogP contribution in [0.1, 0.15) is 18.9 Å². The maximum atomic E-state index is 11.5. The van der Waals surface area contributed by atoms with Crippen LogP contribution in [0.5, 0.6) is 5.75 Å². The molecule has 0 N–H and O–H groups in total. The summed E-state index contributed by atoms with van der Waals surface area (Å²) in [4.78, 5) is 11.5. The van der Waals surface area contributed by atoms with Crippen molar-refractivity contribution in [1.29, 1.82) is 0 Å². The van der Waals surface area contributed by atoms with Crippen LogP contribution < -0.4 is 4.74 Å². The van der Waals surface area contributed by atoms with E-state index >= 15 is 0 Å². The molecule has 0 amide bonds. The van der Waals surface area contributed by atoms with E-state index in [0.717, 1.165) is 28.6 Å². The van der Waals surface area contributed by atoms with Crippen molar-refractivity contribution in [3.05, 3.63) is 28.2 Å². The fourth-order valence-corrected chi connectivity index (χ4v) is 2.55. The summed E-state index contributed by atoms with van der Waals surface area (Å²) in [6, 6.07) is 5.87. The number of Topliss-reactive ketones (excluding diaryl/α,β-unsaturated/α-hetero) is 1. The summed E-state index contributed by atoms with van der Waals surface area (Å²) in [7, 11) is 1.63. The van der Waals surface area contributed by atoms with E-state index in [4.69, 9.17) is 16.3 Å². The van der Waals surface area contributed by atoms with Crippen LogP contribution in [0.4, 0.5) is 0 Å². The molecule has 0 aliphatic carbocycles. The van der Waals surface area contributed by atoms with Crippen molar-refractivity contribution >= 4 is 33.3 Å². The molecule has 1 rings (SSSR count). The highest BCUT2D eigenvalue weighted by atomic mass is 79.9. The standard InChI is InChI=1S/C13H16BrClO2/c1-9(16)11(5-6-15)7-10-3-4-13(17-2)12(14)8-10/h3-4,8,11H,5-7H2,1-2H3. The first kappa shape index (κ1) is 14.5. The number of hydrogen-bond acceptors (Lipinski definition) is 2. The Morgan fingerprint density at radius 3 is 2.71 bits per heavy atom. The third-order valence-electron chi connectivity index (χ3n) is 2.73. The minimum Gasteiger partial charge on any atom is -0.496 e. The molecule has 1 aromatic carbocycles. The van der Waals surface area contributed by atoms with Gasteiger partial charge < -0.3 is 4.74 Å². The van der Waals surface area contributed by atoms with Crippen molar-refractivity contribution in [2.75, 3.05) is 13.0 Å². The lowest BCUT2D eigenvalue weighted by atomic mass is 9.93. The number of carbonyl (C=O) groups excluding carboxylic acids is 1. The Bertz CT molecular complexity index is 393. The Morgan fingerprint density at radius 2 is 2.24 bits per heavy atom. The Kier molecular flexibility index (Phi) is 6.00. The summed E-state index contributed by atoms with van der Waals surface area (Å²) in [6.07, 6.45) is 1.45. The minimum atomic E-state index is 0.00722. The zero-order valence-corrected chi connectivity index (χ0v) is 12.3. The highest BCUT2D eigenvalue weighted by Crippen LogP contribution is 2.27. The SMILES string of the molecule is COc1ccc(CC(CCCl)C(C)=O)cc1Br. The average molecular weight is 320 g/mol. The summed E-state index contributed by atoms with van der Waals surface area (Å²) in [5.74, 6) is 1.51. The number of ether oxygens (including phenoxy) is 1. The monoisotopic (exact) mass is 318 g/mol. The lowest BCUT2D eigenvalue weighted by Gasteiger charge is -2.13. The molecule has 94 valence electrons. The number of halogens is 2. The molecule has 0 aromatic heterocycles. The molecule has 1 atom stereocenters. The summed E-state index contributed by atoms with van der Waals surface area (Å²) in [5, 5.41) is 0. The molecule has 17 heavy (non-hydrogen) atoms. The number of hydrogen-bond donors (Lipinski definition) is 0. The van der Waals surface area contributed by atoms with Crippen molar-refractivity contribution in [2.24, 2.45) is 5.92 Å². The highest BCUT2D eigenvalue weighted by molar-refractivity contribution is 9.10. The maximum Gasteiger partial charge on any atom is 0.133 e. The molecule has 0 saturated carbocycles. The molecule has 0 aliphatic heterocycles. The van der Waals surface area contributed by atoms with E-state index in [-0.39, 0.29) is 11.7 Å². The second-order valence-electron chi connectivity index (χ2n) is 3.96. The Balaban J connectivity index is 2.79. The van der Waals surface area contributed by atoms with Gasteiger partial charge in [0.15, 0.2) is 0 Å². The first-order chi connectivity index (χ1) is 8.08. The van der Waals surface area contributed by atoms with Crippen LogP contribution in [0, 0.1) is 5.92 Å². The van der Waals surface area contributed by atoms with E-state index in [0.29, 0.717) is 5.88 Å². The molecule has 2 nitrogen and oxygen atoms in total. The number of ketones is 1. The fraction of sp³-hybridized carbons (Fsp3) is 0.462. The molecule has 0 spiro atoms. The van der Waals surface area contributed by atoms with E-state index in [9.17, 15) is 4.79 Å². The van der Waals surface area contributed by atoms with Crippen molar-refractivity contribution in [3.8, 4) is 5.75 Å². The first-order valence-electron chi connectivity index (χ1n) is 5.47. The van der Waals surface area contributed by atoms with Crippen molar-refractivity contribution in [1.82, 2.24) is 0 Å². The van der Waals surface area contributed by atoms with Crippen LogP contribution in [0.25, 0.3) is 0 Å². The van der Waals surface area contributed by atoms with Gasteiger partial charge in [0.25, 0.3) is 0 Å². The number of rotatable bonds is 6. The molecular formula is C13H16BrClO2. The Morgan fingerprint density at radius 1 is 1.53 bits per heavy atom. The van der Waals surface area contributed by atoms with Crippen molar-refractivity contribution in [3.63, 3.8) is 0 Å². The number of carbonyl (C=O) groups is 1. The number of benzene rings is 1. The van der Waals surface area contributed by atoms with Crippen LogP contribution in [0.3, 0.4) is 0 Å². The molecule has 0 aliphatic rings. The second-order valence-corrected chi connectivity index (χ2v) is 5.19. The Labute approximate surface area is 115 Å². The third-order valence-corrected chi connectivity index (χ3v) is 3.57. The lowest BCUT2D eigenvalue weighted by molar-refractivity contribution is -0.120. The highest BCUT2D eigenvalue weighted by Gasteiger charge is 2.14. The zero-order valence-electron chi connectivity index (χ0n) is 10.0. The third kappa shape index (κ3) is 4.32. The summed E-state index contributed by atoms with van der Waals surface area (Å²) >= 11 is 9.14. The van der Waals surface area contributed by atoms with Gasteiger partial charge >= 0.3 is 0 Å². The Hall–Kier alpha value is -0.540. The quantitative estimate of drug-likeness (QED) is 0.745. The lowest BCUT2D eigenvalue weighted by Crippen LogP contribution is -2.14. The fourth-order valence-electron chi connectivity index (χ4n) is 1.70. The second kappa shape index (κ2) is 7.02. The van der Waals surface area contributed by atoms with Gasteiger partial charge in [0.2, 0.25) is 0 Å². The number of methoxy groups -OCH3 is 1. The molecular weight excluding hydrogens is 303 g/mol. The average Bonchev–Trinajstić information content (AvgIpc) is 2.28. The molecule has 0 bridgehead atoms. The molecule has 0 radical (unpaired) electrons. The van der Waals surface area contributed by atoms with Gasteiger partial charge in [-0.25, -0.2) is 0 Å². The zero-order chi connectivity index (χ0) is 12.8. The van der Waals surface area contributed by atoms with E-state index in [2.05, 4.69) is 15.9 Å². The minimum absolute atomic E-state index is 0.00722. The molecule has 1 aromatic rings. The molecule has 0 heterocycles. The molecule has 4 heteroatoms. The van der Waals surface area contributed by atoms with Crippen LogP contribution in [0.2, 0.25) is 0 Å². The largest absolute Gasteiger partial charge is 0.496 e. The van der Waals surface area contributed by atoms with Gasteiger partial charge in [0.1, 0.15) is 11.5 Å². The van der Waals surface area contributed by atoms with E-state index < -0.39 is 0 Å². The molecule has 1 unspecified atom stereocenters. The van der Waals surface area contributed by atoms with E-state index in [1.807, 2.05) is 18.2 Å². The van der Waals surface area contributed by atoms with E-state index in [1.165, 1.54) is 0 Å². The predicted octanol–water partition coefficient (Wildman–Crippen LogP) is 3.83. The normalized spacial score (nSPS) is 12.2. The van der Waals surface area contributed by atoms with Crippen LogP contribution >= 0.6 is 27.5 Å². The van der Waals surface area contributed by atoms with Crippen LogP contribution in [-0.4, -0.2) is 18.8 Å². The molecule has 0 fully saturated rings. The predicted molar refractivity (Wildman–Crippen MR) is 73.9 cm³/mol. The smallest absolute Gasteiger partial charge is 0.133 e. The summed E-state index contributed by atoms with van der Waals surface area (Å²) in [5.41, 5.74) is 1.11. The van der Waals surface area contributed by atoms with E-state index in [1.54, 1.807) is 14.0 Å². The van der Waals surface area contributed by atoms with Gasteiger partial charge in [-0.2, -0.15) is 0 Å². The van der Waals surface area contributed by atoms with Crippen molar-refractivity contribution < 1.29 is 9.53 Å². The maximum absolute atomic E-state index is 11.5. The topological polar surface area (TPSA) is 26.3 Å². The van der Waals surface area contributed by atoms with Gasteiger partial charge in [-0.05, 0) is 53.4 Å². The summed E-state index contributed by atoms with van der Waals surface area (Å²) in [6.45, 7) is 1.62. The van der Waals surface area contributed by atoms with Crippen molar-refractivity contribution in [2.45, 2.75) is 19.8 Å². The molecule has 0 saturated heterocycles. The summed E-state index contributed by atoms with van der Waals surface area (Å²) < 4.78 is 6.07. The number of alkyl halides is 1. The van der Waals surface area contributed by atoms with Gasteiger partial charge in [-0.1, -0.05) is 6.07 Å². The van der Waals surface area contributed by atoms with Gasteiger partial charge in [-0.3, -0.25) is 4.79 Å². The van der Waals surface area contributed by atoms with Gasteiger partial charge in [-0.15, -0.1) is 11.6 Å².